The van der Waals surface area contributed by atoms with Crippen molar-refractivity contribution in [3.05, 3.63) is 59.3 Å². The molecule has 0 fully saturated rings. The van der Waals surface area contributed by atoms with Crippen LogP contribution >= 0.6 is 0 Å². The first kappa shape index (κ1) is 24.8. The molecule has 4 N–H and O–H groups in total. The summed E-state index contributed by atoms with van der Waals surface area (Å²) in [6.07, 6.45) is 8.26. The Bertz CT molecular complexity index is 1280. The monoisotopic (exact) mass is 471 g/mol. The minimum absolute atomic E-state index is 0.0170. The van der Waals surface area contributed by atoms with Crippen molar-refractivity contribution in [1.82, 2.24) is 4.98 Å². The van der Waals surface area contributed by atoms with Gasteiger partial charge in [-0.2, -0.15) is 0 Å². The molecule has 0 spiro atoms. The third-order valence-corrected chi connectivity index (χ3v) is 7.46. The van der Waals surface area contributed by atoms with Gasteiger partial charge in [-0.1, -0.05) is 51.5 Å². The number of anilines is 1. The number of aromatic nitrogens is 1. The van der Waals surface area contributed by atoms with Crippen LogP contribution in [0, 0.1) is 18.8 Å². The Morgan fingerprint density at radius 3 is 2.63 bits per heavy atom. The average Bonchev–Trinajstić information content (AvgIpc) is 3.29. The van der Waals surface area contributed by atoms with E-state index in [0.717, 1.165) is 77.5 Å². The van der Waals surface area contributed by atoms with E-state index in [4.69, 9.17) is 5.73 Å². The second-order valence-corrected chi connectivity index (χ2v) is 9.97. The standard InChI is InChI=1S/C30H37N3O2/c1-5-8-20(6-2)30(35)33-26-10-7-9-22(19(26)4)23-15-16-24(29(31)34)28-25(23)17-27(32-28)21-13-11-18(3)12-14-21/h7,9-10,13,15-18,20,32H,5-6,8,11-12,14H2,1-4H3,(H2,31,34)(H,33,35). The molecule has 1 aromatic heterocycles. The molecule has 0 bridgehead atoms. The van der Waals surface area contributed by atoms with Crippen molar-refractivity contribution in [1.29, 1.82) is 0 Å². The molecular weight excluding hydrogens is 434 g/mol. The minimum atomic E-state index is -0.444. The summed E-state index contributed by atoms with van der Waals surface area (Å²) in [5, 5.41) is 4.14. The maximum Gasteiger partial charge on any atom is 0.250 e. The Hall–Kier alpha value is -3.34. The number of allylic oxidation sites excluding steroid dienone is 2. The highest BCUT2D eigenvalue weighted by Gasteiger charge is 2.21. The average molecular weight is 472 g/mol. The second-order valence-electron chi connectivity index (χ2n) is 9.97. The van der Waals surface area contributed by atoms with Crippen LogP contribution in [-0.4, -0.2) is 16.8 Å². The molecule has 2 amide bonds. The summed E-state index contributed by atoms with van der Waals surface area (Å²) in [4.78, 5) is 28.6. The smallest absolute Gasteiger partial charge is 0.250 e. The van der Waals surface area contributed by atoms with Crippen molar-refractivity contribution < 1.29 is 9.59 Å². The lowest BCUT2D eigenvalue weighted by Crippen LogP contribution is -2.22. The Kier molecular flexibility index (Phi) is 7.44. The first-order valence-corrected chi connectivity index (χ1v) is 12.9. The Morgan fingerprint density at radius 1 is 1.17 bits per heavy atom. The second kappa shape index (κ2) is 10.5. The number of aromatic amines is 1. The highest BCUT2D eigenvalue weighted by molar-refractivity contribution is 6.10. The number of hydrogen-bond donors (Lipinski definition) is 3. The van der Waals surface area contributed by atoms with Crippen LogP contribution < -0.4 is 11.1 Å². The van der Waals surface area contributed by atoms with E-state index in [9.17, 15) is 9.59 Å². The fourth-order valence-corrected chi connectivity index (χ4v) is 5.21. The topological polar surface area (TPSA) is 88.0 Å². The molecule has 2 atom stereocenters. The lowest BCUT2D eigenvalue weighted by molar-refractivity contribution is -0.120. The van der Waals surface area contributed by atoms with Gasteiger partial charge in [0.1, 0.15) is 0 Å². The van der Waals surface area contributed by atoms with E-state index in [1.165, 1.54) is 5.57 Å². The fourth-order valence-electron chi connectivity index (χ4n) is 5.21. The summed E-state index contributed by atoms with van der Waals surface area (Å²) in [5.41, 5.74) is 13.2. The summed E-state index contributed by atoms with van der Waals surface area (Å²) >= 11 is 0. The zero-order chi connectivity index (χ0) is 25.1. The van der Waals surface area contributed by atoms with Crippen LogP contribution in [0.1, 0.15) is 80.9 Å². The van der Waals surface area contributed by atoms with E-state index in [-0.39, 0.29) is 11.8 Å². The lowest BCUT2D eigenvalue weighted by Gasteiger charge is -2.17. The van der Waals surface area contributed by atoms with Gasteiger partial charge in [0.2, 0.25) is 5.91 Å². The fraction of sp³-hybridized carbons (Fsp3) is 0.400. The molecule has 1 aliphatic carbocycles. The van der Waals surface area contributed by atoms with Crippen molar-refractivity contribution in [3.8, 4) is 11.1 Å². The van der Waals surface area contributed by atoms with Gasteiger partial charge in [-0.25, -0.2) is 0 Å². The van der Waals surface area contributed by atoms with Crippen LogP contribution in [-0.2, 0) is 4.79 Å². The van der Waals surface area contributed by atoms with E-state index in [0.29, 0.717) is 11.5 Å². The van der Waals surface area contributed by atoms with Crippen LogP contribution in [0.15, 0.2) is 42.5 Å². The quantitative estimate of drug-likeness (QED) is 0.324. The number of primary amides is 1. The van der Waals surface area contributed by atoms with E-state index < -0.39 is 5.91 Å². The molecule has 0 radical (unpaired) electrons. The molecule has 5 heteroatoms. The number of nitrogens with one attached hydrogen (secondary N) is 2. The van der Waals surface area contributed by atoms with E-state index in [2.05, 4.69) is 49.3 Å². The molecule has 5 nitrogen and oxygen atoms in total. The van der Waals surface area contributed by atoms with Gasteiger partial charge in [0.05, 0.1) is 11.1 Å². The maximum atomic E-state index is 12.9. The van der Waals surface area contributed by atoms with Gasteiger partial charge in [-0.05, 0) is 85.4 Å². The van der Waals surface area contributed by atoms with Gasteiger partial charge in [0.15, 0.2) is 0 Å². The normalized spacial score (nSPS) is 16.7. The number of nitrogens with two attached hydrogens (primary N) is 1. The molecule has 0 aliphatic heterocycles. The van der Waals surface area contributed by atoms with Gasteiger partial charge >= 0.3 is 0 Å². The van der Waals surface area contributed by atoms with Crippen molar-refractivity contribution in [2.24, 2.45) is 17.6 Å². The lowest BCUT2D eigenvalue weighted by atomic mass is 9.89. The number of carbonyl (C=O) groups is 2. The number of carbonyl (C=O) groups excluding carboxylic acids is 2. The zero-order valence-corrected chi connectivity index (χ0v) is 21.3. The van der Waals surface area contributed by atoms with Crippen LogP contribution in [0.2, 0.25) is 0 Å². The maximum absolute atomic E-state index is 12.9. The van der Waals surface area contributed by atoms with Crippen molar-refractivity contribution in [2.45, 2.75) is 66.2 Å². The third-order valence-electron chi connectivity index (χ3n) is 7.46. The number of fused-ring (bicyclic) bond motifs is 1. The van der Waals surface area contributed by atoms with Crippen molar-refractivity contribution in [2.75, 3.05) is 5.32 Å². The SMILES string of the molecule is CCCC(CC)C(=O)Nc1cccc(-c2ccc(C(N)=O)c3[nH]c(C4=CCC(C)CC4)cc23)c1C. The number of hydrogen-bond acceptors (Lipinski definition) is 2. The van der Waals surface area contributed by atoms with Crippen LogP contribution in [0.3, 0.4) is 0 Å². The van der Waals surface area contributed by atoms with Gasteiger partial charge < -0.3 is 16.0 Å². The third kappa shape index (κ3) is 5.04. The highest BCUT2D eigenvalue weighted by Crippen LogP contribution is 2.38. The zero-order valence-electron chi connectivity index (χ0n) is 21.3. The molecule has 2 aromatic carbocycles. The summed E-state index contributed by atoms with van der Waals surface area (Å²) < 4.78 is 0. The molecule has 1 heterocycles. The van der Waals surface area contributed by atoms with Crippen molar-refractivity contribution in [3.63, 3.8) is 0 Å². The predicted molar refractivity (Wildman–Crippen MR) is 145 cm³/mol. The first-order chi connectivity index (χ1) is 16.8. The molecule has 0 saturated heterocycles. The number of benzene rings is 2. The number of H-pyrrole nitrogens is 1. The van der Waals surface area contributed by atoms with Gasteiger partial charge in [-0.15, -0.1) is 0 Å². The van der Waals surface area contributed by atoms with Gasteiger partial charge in [0.25, 0.3) is 5.91 Å². The molecule has 184 valence electrons. The highest BCUT2D eigenvalue weighted by atomic mass is 16.2. The van der Waals surface area contributed by atoms with Crippen LogP contribution in [0.25, 0.3) is 27.6 Å². The minimum Gasteiger partial charge on any atom is -0.366 e. The largest absolute Gasteiger partial charge is 0.366 e. The van der Waals surface area contributed by atoms with E-state index in [1.54, 1.807) is 6.07 Å². The van der Waals surface area contributed by atoms with Gasteiger partial charge in [0, 0.05) is 22.7 Å². The predicted octanol–water partition coefficient (Wildman–Crippen LogP) is 7.21. The molecule has 2 unspecified atom stereocenters. The Morgan fingerprint density at radius 2 is 1.97 bits per heavy atom. The summed E-state index contributed by atoms with van der Waals surface area (Å²) in [6.45, 7) is 8.49. The number of amides is 2. The van der Waals surface area contributed by atoms with Crippen molar-refractivity contribution >= 4 is 34.0 Å². The molecule has 3 aromatic rings. The first-order valence-electron chi connectivity index (χ1n) is 12.9. The molecule has 1 aliphatic rings. The van der Waals surface area contributed by atoms with Crippen LogP contribution in [0.5, 0.6) is 0 Å². The van der Waals surface area contributed by atoms with Crippen LogP contribution in [0.4, 0.5) is 5.69 Å². The molecule has 35 heavy (non-hydrogen) atoms. The molecular formula is C30H37N3O2. The summed E-state index contributed by atoms with van der Waals surface area (Å²) in [6, 6.07) is 11.9. The summed E-state index contributed by atoms with van der Waals surface area (Å²) in [7, 11) is 0. The number of rotatable bonds is 8. The molecule has 0 saturated carbocycles. The van der Waals surface area contributed by atoms with E-state index >= 15 is 0 Å². The van der Waals surface area contributed by atoms with E-state index in [1.807, 2.05) is 25.1 Å². The molecule has 4 rings (SSSR count). The van der Waals surface area contributed by atoms with Gasteiger partial charge in [-0.3, -0.25) is 9.59 Å². The Labute approximate surface area is 208 Å². The summed E-state index contributed by atoms with van der Waals surface area (Å²) in [5.74, 6) is 0.347. The Balaban J connectivity index is 1.78.